The van der Waals surface area contributed by atoms with Gasteiger partial charge in [-0.25, -0.2) is 4.79 Å². The van der Waals surface area contributed by atoms with E-state index in [1.54, 1.807) is 4.90 Å². The predicted molar refractivity (Wildman–Crippen MR) is 78.5 cm³/mol. The van der Waals surface area contributed by atoms with Gasteiger partial charge in [-0.15, -0.1) is 0 Å². The summed E-state index contributed by atoms with van der Waals surface area (Å²) in [4.78, 5) is 18.1. The number of hydrogen-bond acceptors (Lipinski definition) is 3. The third-order valence-corrected chi connectivity index (χ3v) is 3.09. The van der Waals surface area contributed by atoms with Crippen LogP contribution < -0.4 is 0 Å². The molecule has 0 radical (unpaired) electrons. The minimum atomic E-state index is -0.496. The Morgan fingerprint density at radius 1 is 1.32 bits per heavy atom. The molecule has 1 aromatic carbocycles. The van der Waals surface area contributed by atoms with Crippen molar-refractivity contribution in [1.29, 1.82) is 0 Å². The van der Waals surface area contributed by atoms with Gasteiger partial charge in [0.1, 0.15) is 11.4 Å². The number of amides is 1. The van der Waals surface area contributed by atoms with Gasteiger partial charge in [0.15, 0.2) is 0 Å². The smallest absolute Gasteiger partial charge is 0.416 e. The van der Waals surface area contributed by atoms with E-state index >= 15 is 0 Å². The molecule has 0 aromatic heterocycles. The molecule has 1 heterocycles. The molecule has 0 saturated heterocycles. The van der Waals surface area contributed by atoms with Crippen LogP contribution in [-0.4, -0.2) is 35.5 Å². The number of carbonyl (C=O) groups excluding carboxylic acids is 1. The van der Waals surface area contributed by atoms with E-state index < -0.39 is 5.60 Å². The molecule has 0 aliphatic carbocycles. The summed E-state index contributed by atoms with van der Waals surface area (Å²) < 4.78 is 6.39. The summed E-state index contributed by atoms with van der Waals surface area (Å²) in [7, 11) is 0. The first-order valence-corrected chi connectivity index (χ1v) is 6.97. The quantitative estimate of drug-likeness (QED) is 0.794. The molecule has 0 saturated carbocycles. The van der Waals surface area contributed by atoms with Gasteiger partial charge in [0.05, 0.1) is 13.1 Å². The number of rotatable bonds is 1. The molecule has 0 bridgehead atoms. The van der Waals surface area contributed by atoms with Crippen molar-refractivity contribution in [1.82, 2.24) is 4.90 Å². The number of carbonyl (C=O) groups is 1. The van der Waals surface area contributed by atoms with Crippen molar-refractivity contribution in [2.24, 2.45) is 4.99 Å². The van der Waals surface area contributed by atoms with Gasteiger partial charge in [0, 0.05) is 10.0 Å². The first kappa shape index (κ1) is 14.1. The molecule has 19 heavy (non-hydrogen) atoms. The third-order valence-electron chi connectivity index (χ3n) is 2.56. The Morgan fingerprint density at radius 2 is 1.95 bits per heavy atom. The fourth-order valence-electron chi connectivity index (χ4n) is 1.79. The van der Waals surface area contributed by atoms with Crippen LogP contribution in [0, 0.1) is 0 Å². The van der Waals surface area contributed by atoms with Crippen LogP contribution in [0.3, 0.4) is 0 Å². The number of aliphatic imine (C=N–C) groups is 1. The van der Waals surface area contributed by atoms with Crippen LogP contribution in [0.4, 0.5) is 4.79 Å². The van der Waals surface area contributed by atoms with E-state index in [2.05, 4.69) is 20.9 Å². The molecule has 1 aliphatic heterocycles. The van der Waals surface area contributed by atoms with Gasteiger partial charge >= 0.3 is 6.09 Å². The molecule has 0 N–H and O–H groups in total. The zero-order chi connectivity index (χ0) is 14.0. The largest absolute Gasteiger partial charge is 0.443 e. The van der Waals surface area contributed by atoms with E-state index in [1.165, 1.54) is 0 Å². The van der Waals surface area contributed by atoms with Crippen LogP contribution in [0.2, 0.25) is 0 Å². The summed E-state index contributed by atoms with van der Waals surface area (Å²) in [5.74, 6) is 0.682. The average molecular weight is 325 g/mol. The van der Waals surface area contributed by atoms with Crippen molar-refractivity contribution in [3.63, 3.8) is 0 Å². The van der Waals surface area contributed by atoms with Gasteiger partial charge < -0.3 is 4.74 Å². The fraction of sp³-hybridized carbons (Fsp3) is 0.429. The summed E-state index contributed by atoms with van der Waals surface area (Å²) in [6, 6.07) is 7.74. The molecule has 1 aromatic rings. The Labute approximate surface area is 121 Å². The minimum absolute atomic E-state index is 0.341. The third kappa shape index (κ3) is 3.56. The van der Waals surface area contributed by atoms with Crippen molar-refractivity contribution < 1.29 is 9.53 Å². The van der Waals surface area contributed by atoms with Gasteiger partial charge in [-0.2, -0.15) is 0 Å². The first-order valence-electron chi connectivity index (χ1n) is 6.18. The van der Waals surface area contributed by atoms with Crippen LogP contribution in [-0.2, 0) is 4.74 Å². The topological polar surface area (TPSA) is 41.9 Å². The Morgan fingerprint density at radius 3 is 2.53 bits per heavy atom. The number of amidine groups is 1. The number of ether oxygens (including phenoxy) is 1. The zero-order valence-corrected chi connectivity index (χ0v) is 12.9. The van der Waals surface area contributed by atoms with E-state index in [4.69, 9.17) is 4.74 Å². The van der Waals surface area contributed by atoms with Crippen LogP contribution in [0.5, 0.6) is 0 Å². The van der Waals surface area contributed by atoms with Gasteiger partial charge in [-0.1, -0.05) is 28.1 Å². The van der Waals surface area contributed by atoms with E-state index in [9.17, 15) is 4.79 Å². The standard InChI is InChI=1S/C14H17BrN2O2/c1-14(2,3)19-13(18)17-9-8-16-12(17)10-4-6-11(15)7-5-10/h4-7H,8-9H2,1-3H3. The van der Waals surface area contributed by atoms with Crippen LogP contribution in [0.1, 0.15) is 26.3 Å². The van der Waals surface area contributed by atoms with Crippen LogP contribution in [0.15, 0.2) is 33.7 Å². The van der Waals surface area contributed by atoms with Gasteiger partial charge in [0.25, 0.3) is 0 Å². The highest BCUT2D eigenvalue weighted by molar-refractivity contribution is 9.10. The predicted octanol–water partition coefficient (Wildman–Crippen LogP) is 3.45. The first-order chi connectivity index (χ1) is 8.87. The lowest BCUT2D eigenvalue weighted by Gasteiger charge is -2.25. The average Bonchev–Trinajstić information content (AvgIpc) is 2.76. The van der Waals surface area contributed by atoms with Crippen LogP contribution in [0.25, 0.3) is 0 Å². The molecule has 0 fully saturated rings. The van der Waals surface area contributed by atoms with E-state index in [1.807, 2.05) is 45.0 Å². The second kappa shape index (κ2) is 5.33. The minimum Gasteiger partial charge on any atom is -0.443 e. The Hall–Kier alpha value is -1.36. The Kier molecular flexibility index (Phi) is 3.94. The second-order valence-corrected chi connectivity index (χ2v) is 6.26. The summed E-state index contributed by atoms with van der Waals surface area (Å²) in [6.07, 6.45) is -0.341. The summed E-state index contributed by atoms with van der Waals surface area (Å²) in [6.45, 7) is 6.76. The van der Waals surface area contributed by atoms with Gasteiger partial charge in [-0.05, 0) is 32.9 Å². The molecule has 102 valence electrons. The Bertz CT molecular complexity index is 503. The molecule has 5 heteroatoms. The maximum absolute atomic E-state index is 12.1. The number of hydrogen-bond donors (Lipinski definition) is 0. The molecular formula is C14H17BrN2O2. The molecule has 2 rings (SSSR count). The van der Waals surface area contributed by atoms with Gasteiger partial charge in [-0.3, -0.25) is 9.89 Å². The number of nitrogens with zero attached hydrogens (tertiary/aromatic N) is 2. The van der Waals surface area contributed by atoms with E-state index in [0.717, 1.165) is 10.0 Å². The maximum Gasteiger partial charge on any atom is 0.416 e. The molecule has 1 aliphatic rings. The molecular weight excluding hydrogens is 308 g/mol. The highest BCUT2D eigenvalue weighted by atomic mass is 79.9. The van der Waals surface area contributed by atoms with Crippen LogP contribution >= 0.6 is 15.9 Å². The highest BCUT2D eigenvalue weighted by Crippen LogP contribution is 2.18. The van der Waals surface area contributed by atoms with Crippen molar-refractivity contribution in [2.45, 2.75) is 26.4 Å². The zero-order valence-electron chi connectivity index (χ0n) is 11.3. The maximum atomic E-state index is 12.1. The highest BCUT2D eigenvalue weighted by Gasteiger charge is 2.29. The lowest BCUT2D eigenvalue weighted by atomic mass is 10.2. The lowest BCUT2D eigenvalue weighted by molar-refractivity contribution is 0.0385. The summed E-state index contributed by atoms with van der Waals surface area (Å²) in [5.41, 5.74) is 0.427. The lowest BCUT2D eigenvalue weighted by Crippen LogP contribution is -2.39. The summed E-state index contributed by atoms with van der Waals surface area (Å²) in [5, 5.41) is 0. The molecule has 4 nitrogen and oxygen atoms in total. The van der Waals surface area contributed by atoms with Crippen molar-refractivity contribution >= 4 is 27.9 Å². The number of halogens is 1. The van der Waals surface area contributed by atoms with Crippen molar-refractivity contribution in [2.75, 3.05) is 13.1 Å². The number of benzene rings is 1. The molecule has 0 atom stereocenters. The summed E-state index contributed by atoms with van der Waals surface area (Å²) >= 11 is 3.39. The molecule has 1 amide bonds. The molecule has 0 unspecified atom stereocenters. The monoisotopic (exact) mass is 324 g/mol. The van der Waals surface area contributed by atoms with E-state index in [-0.39, 0.29) is 6.09 Å². The second-order valence-electron chi connectivity index (χ2n) is 5.34. The Balaban J connectivity index is 2.17. The van der Waals surface area contributed by atoms with Crippen molar-refractivity contribution in [3.05, 3.63) is 34.3 Å². The molecule has 0 spiro atoms. The SMILES string of the molecule is CC(C)(C)OC(=O)N1CCN=C1c1ccc(Br)cc1. The van der Waals surface area contributed by atoms with Gasteiger partial charge in [0.2, 0.25) is 0 Å². The normalized spacial score (nSPS) is 15.4. The fourth-order valence-corrected chi connectivity index (χ4v) is 2.05. The van der Waals surface area contributed by atoms with E-state index in [0.29, 0.717) is 18.9 Å². The van der Waals surface area contributed by atoms with Crippen molar-refractivity contribution in [3.8, 4) is 0 Å².